The van der Waals surface area contributed by atoms with Gasteiger partial charge in [-0.2, -0.15) is 16.7 Å². The van der Waals surface area contributed by atoms with Crippen LogP contribution in [-0.4, -0.2) is 64.2 Å². The van der Waals surface area contributed by atoms with Gasteiger partial charge in [-0.05, 0) is 15.9 Å². The van der Waals surface area contributed by atoms with Crippen molar-refractivity contribution in [2.75, 3.05) is 26.0 Å². The molecule has 15 heteroatoms. The Labute approximate surface area is 232 Å². The molecular weight excluding hydrogens is 598 g/mol. The second-order valence-electron chi connectivity index (χ2n) is 7.84. The molecule has 0 fully saturated rings. The fraction of sp³-hybridized carbons (Fsp3) is 0.476. The number of thioether (sulfide) groups is 1. The van der Waals surface area contributed by atoms with E-state index in [9.17, 15) is 14.7 Å². The molecule has 0 unspecified atom stereocenters. The van der Waals surface area contributed by atoms with Crippen molar-refractivity contribution >= 4 is 69.2 Å². The molecule has 1 aliphatic rings. The number of thiocarbonyl (C=S) groups is 1. The monoisotopic (exact) mass is 623 g/mol. The summed E-state index contributed by atoms with van der Waals surface area (Å²) >= 11 is 10.1. The summed E-state index contributed by atoms with van der Waals surface area (Å²) in [4.78, 5) is 29.8. The van der Waals surface area contributed by atoms with E-state index in [1.54, 1.807) is 0 Å². The van der Waals surface area contributed by atoms with Crippen LogP contribution in [0.1, 0.15) is 47.5 Å². The van der Waals surface area contributed by atoms with Crippen LogP contribution in [0, 0.1) is 0 Å². The lowest BCUT2D eigenvalue weighted by atomic mass is 10.1. The Bertz CT molecular complexity index is 1100. The third kappa shape index (κ3) is 7.93. The molecule has 1 amide bonds. The van der Waals surface area contributed by atoms with Gasteiger partial charge in [0, 0.05) is 29.2 Å². The molecule has 0 saturated carbocycles. The number of hydrogen-bond acceptors (Lipinski definition) is 11. The van der Waals surface area contributed by atoms with Gasteiger partial charge in [-0.1, -0.05) is 31.2 Å². The molecule has 1 aromatic carbocycles. The number of aromatic nitrogens is 2. The van der Waals surface area contributed by atoms with E-state index >= 15 is 0 Å². The Morgan fingerprint density at radius 2 is 2.17 bits per heavy atom. The summed E-state index contributed by atoms with van der Waals surface area (Å²) in [5, 5.41) is 23.6. The number of ether oxygens (including phenoxy) is 2. The van der Waals surface area contributed by atoms with Gasteiger partial charge in [0.15, 0.2) is 12.4 Å². The highest BCUT2D eigenvalue weighted by Gasteiger charge is 2.27. The molecule has 3 rings (SSSR count). The number of hydrogen-bond donors (Lipinski definition) is 4. The molecule has 0 saturated heterocycles. The van der Waals surface area contributed by atoms with Crippen LogP contribution in [0.3, 0.4) is 0 Å². The molecule has 1 atom stereocenters. The second-order valence-corrected chi connectivity index (χ2v) is 10.2. The van der Waals surface area contributed by atoms with Crippen molar-refractivity contribution in [3.05, 3.63) is 33.4 Å². The van der Waals surface area contributed by atoms with Crippen LogP contribution >= 0.6 is 52.3 Å². The minimum absolute atomic E-state index is 0. The van der Waals surface area contributed by atoms with Crippen LogP contribution in [0.2, 0.25) is 0 Å². The highest BCUT2D eigenvalue weighted by molar-refractivity contribution is 9.10. The number of aromatic hydroxyl groups is 1. The standard InChI is InChI=1S/C21H26BrN5O6S2.ClH/c1-10(2)23-5-15-26-20(33-27-15)12-9-35-8-11-13(28)4-14(31-3)19(22)18(11)21(30)32-7-16(29)24-6-17(34)25-12;/h4,10,12,23,28H,5-9H2,1-3H3,(H,24,29)(H,25,34);1H/t12-;/m0./s1. The Balaban J connectivity index is 0.00000456. The average Bonchev–Trinajstić information content (AvgIpc) is 3.29. The number of nitrogens with zero attached hydrogens (tertiary/aromatic N) is 2. The van der Waals surface area contributed by atoms with Gasteiger partial charge >= 0.3 is 5.97 Å². The SMILES string of the molecule is COc1cc(O)c2c(c1Br)C(=O)OCC(=O)NCC(=S)N[C@H](c1nc(CNC(C)C)no1)CSC2.Cl. The van der Waals surface area contributed by atoms with Gasteiger partial charge in [-0.25, -0.2) is 4.79 Å². The lowest BCUT2D eigenvalue weighted by Gasteiger charge is -2.19. The number of esters is 1. The van der Waals surface area contributed by atoms with Crippen molar-refractivity contribution in [2.45, 2.75) is 38.2 Å². The van der Waals surface area contributed by atoms with Crippen LogP contribution in [-0.2, 0) is 21.8 Å². The molecule has 1 aromatic heterocycles. The fourth-order valence-electron chi connectivity index (χ4n) is 3.07. The number of phenols is 1. The minimum Gasteiger partial charge on any atom is -0.507 e. The quantitative estimate of drug-likeness (QED) is 0.286. The summed E-state index contributed by atoms with van der Waals surface area (Å²) in [7, 11) is 1.41. The molecule has 4 N–H and O–H groups in total. The van der Waals surface area contributed by atoms with E-state index in [2.05, 4.69) is 42.0 Å². The van der Waals surface area contributed by atoms with Gasteiger partial charge in [0.05, 0.1) is 35.2 Å². The number of rotatable bonds is 5. The number of phenolic OH excluding ortho intramolecular Hbond substituents is 1. The van der Waals surface area contributed by atoms with Gasteiger partial charge in [-0.3, -0.25) is 4.79 Å². The van der Waals surface area contributed by atoms with Gasteiger partial charge < -0.3 is 35.1 Å². The molecule has 0 aliphatic carbocycles. The summed E-state index contributed by atoms with van der Waals surface area (Å²) in [6, 6.07) is 1.20. The van der Waals surface area contributed by atoms with E-state index in [1.807, 2.05) is 13.8 Å². The zero-order valence-electron chi connectivity index (χ0n) is 19.8. The number of cyclic esters (lactones) is 1. The molecule has 2 heterocycles. The molecule has 1 aliphatic heterocycles. The first kappa shape index (κ1) is 30.1. The Hall–Kier alpha value is -2.13. The normalized spacial score (nSPS) is 17.2. The van der Waals surface area contributed by atoms with E-state index < -0.39 is 24.5 Å². The summed E-state index contributed by atoms with van der Waals surface area (Å²) in [6.45, 7) is 4.00. The van der Waals surface area contributed by atoms with Crippen LogP contribution in [0.25, 0.3) is 0 Å². The molecular formula is C21H27BrClN5O6S2. The molecule has 2 aromatic rings. The number of fused-ring (bicyclic) bond motifs is 1. The molecule has 198 valence electrons. The Kier molecular flexibility index (Phi) is 11.7. The van der Waals surface area contributed by atoms with Gasteiger partial charge in [-0.15, -0.1) is 12.4 Å². The van der Waals surface area contributed by atoms with Crippen molar-refractivity contribution in [1.29, 1.82) is 0 Å². The molecule has 36 heavy (non-hydrogen) atoms. The van der Waals surface area contributed by atoms with E-state index in [0.717, 1.165) is 0 Å². The number of halogens is 2. The third-order valence-electron chi connectivity index (χ3n) is 4.84. The van der Waals surface area contributed by atoms with E-state index in [-0.39, 0.29) is 47.8 Å². The first-order valence-corrected chi connectivity index (χ1v) is 13.0. The maximum absolute atomic E-state index is 12.8. The summed E-state index contributed by atoms with van der Waals surface area (Å²) in [5.41, 5.74) is 0.415. The Morgan fingerprint density at radius 3 is 2.86 bits per heavy atom. The van der Waals surface area contributed by atoms with E-state index in [4.69, 9.17) is 26.2 Å². The number of benzene rings is 1. The van der Waals surface area contributed by atoms with Gasteiger partial charge in [0.1, 0.15) is 17.5 Å². The largest absolute Gasteiger partial charge is 0.507 e. The fourth-order valence-corrected chi connectivity index (χ4v) is 5.04. The zero-order chi connectivity index (χ0) is 25.5. The molecule has 0 radical (unpaired) electrons. The van der Waals surface area contributed by atoms with Crippen LogP contribution < -0.4 is 20.7 Å². The first-order valence-electron chi connectivity index (χ1n) is 10.6. The molecule has 11 nitrogen and oxygen atoms in total. The predicted octanol–water partition coefficient (Wildman–Crippen LogP) is 2.64. The topological polar surface area (TPSA) is 148 Å². The highest BCUT2D eigenvalue weighted by Crippen LogP contribution is 2.39. The van der Waals surface area contributed by atoms with E-state index in [0.29, 0.717) is 39.0 Å². The number of methoxy groups -OCH3 is 1. The average molecular weight is 625 g/mol. The maximum atomic E-state index is 12.8. The van der Waals surface area contributed by atoms with Crippen LogP contribution in [0.15, 0.2) is 15.1 Å². The molecule has 0 bridgehead atoms. The Morgan fingerprint density at radius 1 is 1.42 bits per heavy atom. The van der Waals surface area contributed by atoms with Crippen molar-refractivity contribution in [3.63, 3.8) is 0 Å². The van der Waals surface area contributed by atoms with Crippen molar-refractivity contribution in [2.24, 2.45) is 0 Å². The summed E-state index contributed by atoms with van der Waals surface area (Å²) in [5.74, 6) is 0.296. The third-order valence-corrected chi connectivity index (χ3v) is 6.95. The van der Waals surface area contributed by atoms with Crippen molar-refractivity contribution in [3.8, 4) is 11.5 Å². The summed E-state index contributed by atoms with van der Waals surface area (Å²) < 4.78 is 16.2. The van der Waals surface area contributed by atoms with Gasteiger partial charge in [0.2, 0.25) is 5.89 Å². The number of carbonyl (C=O) groups excluding carboxylic acids is 2. The smallest absolute Gasteiger partial charge is 0.340 e. The predicted molar refractivity (Wildman–Crippen MR) is 144 cm³/mol. The number of carbonyl (C=O) groups is 2. The van der Waals surface area contributed by atoms with Crippen molar-refractivity contribution < 1.29 is 28.7 Å². The van der Waals surface area contributed by atoms with Gasteiger partial charge in [0.25, 0.3) is 5.91 Å². The maximum Gasteiger partial charge on any atom is 0.340 e. The van der Waals surface area contributed by atoms with Crippen molar-refractivity contribution in [1.82, 2.24) is 26.1 Å². The number of nitrogens with one attached hydrogen (secondary N) is 3. The number of amides is 1. The minimum atomic E-state index is -0.773. The van der Waals surface area contributed by atoms with Crippen LogP contribution in [0.4, 0.5) is 0 Å². The first-order chi connectivity index (χ1) is 16.7. The molecule has 0 spiro atoms. The summed E-state index contributed by atoms with van der Waals surface area (Å²) in [6.07, 6.45) is 0. The second kappa shape index (κ2) is 14.0. The van der Waals surface area contributed by atoms with E-state index in [1.165, 1.54) is 24.9 Å². The lowest BCUT2D eigenvalue weighted by molar-refractivity contribution is -0.123. The lowest BCUT2D eigenvalue weighted by Crippen LogP contribution is -2.40. The highest BCUT2D eigenvalue weighted by atomic mass is 79.9. The zero-order valence-corrected chi connectivity index (χ0v) is 23.8. The van der Waals surface area contributed by atoms with Crippen LogP contribution in [0.5, 0.6) is 11.5 Å².